The number of aromatic nitrogens is 1. The van der Waals surface area contributed by atoms with E-state index in [4.69, 9.17) is 0 Å². The van der Waals surface area contributed by atoms with Crippen molar-refractivity contribution in [2.45, 2.75) is 5.60 Å². The minimum absolute atomic E-state index is 0.792. The van der Waals surface area contributed by atoms with E-state index in [1.807, 2.05) is 84.9 Å². The fraction of sp³-hybridized carbons (Fsp3) is 0.0500. The minimum atomic E-state index is -1.18. The van der Waals surface area contributed by atoms with Crippen LogP contribution < -0.4 is 0 Å². The molecule has 0 aliphatic rings. The predicted octanol–water partition coefficient (Wildman–Crippen LogP) is 4.03. The summed E-state index contributed by atoms with van der Waals surface area (Å²) in [5.74, 6) is 0. The Balaban J connectivity index is 2.06. The average Bonchev–Trinajstić information content (AvgIpc) is 2.62. The smallest absolute Gasteiger partial charge is 0.134 e. The number of hydrogen-bond acceptors (Lipinski definition) is 2. The van der Waals surface area contributed by atoms with E-state index in [1.165, 1.54) is 0 Å². The molecule has 0 saturated heterocycles. The van der Waals surface area contributed by atoms with Crippen molar-refractivity contribution in [2.75, 3.05) is 0 Å². The number of benzene rings is 2. The molecule has 108 valence electrons. The second kappa shape index (κ2) is 6.37. The molecule has 0 spiro atoms. The van der Waals surface area contributed by atoms with Crippen LogP contribution in [0.1, 0.15) is 16.7 Å². The maximum atomic E-state index is 11.3. The maximum absolute atomic E-state index is 11.3. The van der Waals surface area contributed by atoms with Gasteiger partial charge in [-0.15, -0.1) is 0 Å². The van der Waals surface area contributed by atoms with Gasteiger partial charge in [0.05, 0.1) is 0 Å². The summed E-state index contributed by atoms with van der Waals surface area (Å²) >= 11 is 0. The van der Waals surface area contributed by atoms with Crippen molar-refractivity contribution in [3.8, 4) is 0 Å². The first-order chi connectivity index (χ1) is 10.8. The summed E-state index contributed by atoms with van der Waals surface area (Å²) < 4.78 is 0. The van der Waals surface area contributed by atoms with Gasteiger partial charge in [0.15, 0.2) is 0 Å². The van der Waals surface area contributed by atoms with E-state index in [2.05, 4.69) is 4.98 Å². The standard InChI is InChI=1S/C20H17NO/c22-20(18-9-5-2-6-10-18,19-12-15-21-16-13-19)14-11-17-7-3-1-4-8-17/h1-16,22H. The number of aliphatic hydroxyl groups is 1. The van der Waals surface area contributed by atoms with Crippen molar-refractivity contribution in [1.82, 2.24) is 4.98 Å². The van der Waals surface area contributed by atoms with Crippen molar-refractivity contribution in [2.24, 2.45) is 0 Å². The van der Waals surface area contributed by atoms with Gasteiger partial charge < -0.3 is 5.11 Å². The van der Waals surface area contributed by atoms with Crippen LogP contribution in [0.3, 0.4) is 0 Å². The van der Waals surface area contributed by atoms with Gasteiger partial charge in [-0.1, -0.05) is 66.7 Å². The van der Waals surface area contributed by atoms with E-state index in [9.17, 15) is 5.11 Å². The number of rotatable bonds is 4. The summed E-state index contributed by atoms with van der Waals surface area (Å²) in [5, 5.41) is 11.3. The van der Waals surface area contributed by atoms with Crippen LogP contribution in [-0.4, -0.2) is 10.1 Å². The number of pyridine rings is 1. The molecule has 3 rings (SSSR count). The van der Waals surface area contributed by atoms with E-state index in [1.54, 1.807) is 12.4 Å². The lowest BCUT2D eigenvalue weighted by Crippen LogP contribution is -2.24. The van der Waals surface area contributed by atoms with Crippen molar-refractivity contribution in [1.29, 1.82) is 0 Å². The van der Waals surface area contributed by atoms with Crippen molar-refractivity contribution < 1.29 is 5.11 Å². The van der Waals surface area contributed by atoms with Crippen LogP contribution in [0.25, 0.3) is 6.08 Å². The zero-order chi connectivity index (χ0) is 15.3. The molecule has 1 aromatic heterocycles. The SMILES string of the molecule is OC(C=Cc1ccccc1)(c1ccccc1)c1ccncc1. The molecule has 1 N–H and O–H groups in total. The van der Waals surface area contributed by atoms with E-state index >= 15 is 0 Å². The van der Waals surface area contributed by atoms with Crippen LogP contribution in [0.15, 0.2) is 91.3 Å². The van der Waals surface area contributed by atoms with Gasteiger partial charge in [0.25, 0.3) is 0 Å². The lowest BCUT2D eigenvalue weighted by molar-refractivity contribution is 0.135. The van der Waals surface area contributed by atoms with Gasteiger partial charge in [-0.05, 0) is 34.9 Å². The van der Waals surface area contributed by atoms with E-state index in [0.717, 1.165) is 16.7 Å². The minimum Gasteiger partial charge on any atom is -0.377 e. The second-order valence-corrected chi connectivity index (χ2v) is 5.11. The lowest BCUT2D eigenvalue weighted by Gasteiger charge is -2.25. The Kier molecular flexibility index (Phi) is 4.12. The molecular weight excluding hydrogens is 270 g/mol. The molecule has 0 aliphatic carbocycles. The van der Waals surface area contributed by atoms with Crippen LogP contribution in [0.4, 0.5) is 0 Å². The highest BCUT2D eigenvalue weighted by Gasteiger charge is 2.28. The van der Waals surface area contributed by atoms with Crippen molar-refractivity contribution in [3.05, 3.63) is 108 Å². The number of nitrogens with zero attached hydrogens (tertiary/aromatic N) is 1. The molecule has 1 unspecified atom stereocenters. The fourth-order valence-corrected chi connectivity index (χ4v) is 2.44. The maximum Gasteiger partial charge on any atom is 0.134 e. The third-order valence-corrected chi connectivity index (χ3v) is 3.65. The van der Waals surface area contributed by atoms with E-state index in [0.29, 0.717) is 0 Å². The Morgan fingerprint density at radius 3 is 1.91 bits per heavy atom. The highest BCUT2D eigenvalue weighted by atomic mass is 16.3. The lowest BCUT2D eigenvalue weighted by atomic mass is 9.86. The van der Waals surface area contributed by atoms with E-state index < -0.39 is 5.60 Å². The zero-order valence-corrected chi connectivity index (χ0v) is 12.1. The van der Waals surface area contributed by atoms with Crippen LogP contribution in [0, 0.1) is 0 Å². The topological polar surface area (TPSA) is 33.1 Å². The molecule has 0 saturated carbocycles. The molecule has 2 heteroatoms. The highest BCUT2D eigenvalue weighted by Crippen LogP contribution is 2.31. The summed E-state index contributed by atoms with van der Waals surface area (Å²) in [6.07, 6.45) is 7.15. The second-order valence-electron chi connectivity index (χ2n) is 5.11. The Hall–Kier alpha value is -2.71. The third-order valence-electron chi connectivity index (χ3n) is 3.65. The molecule has 3 aromatic rings. The average molecular weight is 287 g/mol. The highest BCUT2D eigenvalue weighted by molar-refractivity contribution is 5.54. The monoisotopic (exact) mass is 287 g/mol. The first-order valence-corrected chi connectivity index (χ1v) is 7.22. The van der Waals surface area contributed by atoms with Gasteiger partial charge >= 0.3 is 0 Å². The molecule has 0 amide bonds. The summed E-state index contributed by atoms with van der Waals surface area (Å²) in [5.41, 5.74) is 1.49. The predicted molar refractivity (Wildman–Crippen MR) is 89.2 cm³/mol. The quantitative estimate of drug-likeness (QED) is 0.786. The zero-order valence-electron chi connectivity index (χ0n) is 12.1. The van der Waals surface area contributed by atoms with Gasteiger partial charge in [0.1, 0.15) is 5.60 Å². The van der Waals surface area contributed by atoms with Gasteiger partial charge in [-0.25, -0.2) is 0 Å². The third kappa shape index (κ3) is 2.97. The Bertz CT molecular complexity index is 697. The fourth-order valence-electron chi connectivity index (χ4n) is 2.44. The molecule has 0 fully saturated rings. The molecule has 1 atom stereocenters. The first kappa shape index (κ1) is 14.2. The molecule has 22 heavy (non-hydrogen) atoms. The van der Waals surface area contributed by atoms with Crippen molar-refractivity contribution in [3.63, 3.8) is 0 Å². The summed E-state index contributed by atoms with van der Waals surface area (Å²) in [6.45, 7) is 0. The summed E-state index contributed by atoms with van der Waals surface area (Å²) in [6, 6.07) is 23.3. The normalized spacial score (nSPS) is 13.9. The number of hydrogen-bond donors (Lipinski definition) is 1. The molecular formula is C20H17NO. The van der Waals surface area contributed by atoms with Crippen LogP contribution >= 0.6 is 0 Å². The largest absolute Gasteiger partial charge is 0.377 e. The van der Waals surface area contributed by atoms with E-state index in [-0.39, 0.29) is 0 Å². The van der Waals surface area contributed by atoms with Crippen LogP contribution in [0.5, 0.6) is 0 Å². The van der Waals surface area contributed by atoms with Gasteiger partial charge in [0, 0.05) is 12.4 Å². The Morgan fingerprint density at radius 1 is 0.727 bits per heavy atom. The Morgan fingerprint density at radius 2 is 1.27 bits per heavy atom. The first-order valence-electron chi connectivity index (χ1n) is 7.22. The van der Waals surface area contributed by atoms with Crippen LogP contribution in [-0.2, 0) is 5.60 Å². The van der Waals surface area contributed by atoms with Gasteiger partial charge in [0.2, 0.25) is 0 Å². The Labute approximate surface area is 130 Å². The van der Waals surface area contributed by atoms with Crippen molar-refractivity contribution >= 4 is 6.08 Å². The molecule has 0 aliphatic heterocycles. The molecule has 0 bridgehead atoms. The molecule has 2 nitrogen and oxygen atoms in total. The summed E-state index contributed by atoms with van der Waals surface area (Å²) in [4.78, 5) is 4.04. The van der Waals surface area contributed by atoms with Crippen LogP contribution in [0.2, 0.25) is 0 Å². The molecule has 2 aromatic carbocycles. The van der Waals surface area contributed by atoms with Gasteiger partial charge in [-0.3, -0.25) is 4.98 Å². The van der Waals surface area contributed by atoms with Gasteiger partial charge in [-0.2, -0.15) is 0 Å². The molecule has 1 heterocycles. The molecule has 0 radical (unpaired) electrons. The summed E-state index contributed by atoms with van der Waals surface area (Å²) in [7, 11) is 0.